The van der Waals surface area contributed by atoms with E-state index in [0.717, 1.165) is 24.2 Å². The molecule has 0 aliphatic heterocycles. The molecule has 0 amide bonds. The van der Waals surface area contributed by atoms with Crippen LogP contribution in [0.4, 0.5) is 11.6 Å². The lowest BCUT2D eigenvalue weighted by molar-refractivity contribution is 0.669. The van der Waals surface area contributed by atoms with Gasteiger partial charge in [-0.05, 0) is 20.3 Å². The van der Waals surface area contributed by atoms with E-state index in [4.69, 9.17) is 11.0 Å². The lowest BCUT2D eigenvalue weighted by atomic mass is 10.1. The van der Waals surface area contributed by atoms with Crippen molar-refractivity contribution in [3.63, 3.8) is 0 Å². The van der Waals surface area contributed by atoms with Gasteiger partial charge in [0.05, 0.1) is 12.5 Å². The Hall–Kier alpha value is -1.83. The van der Waals surface area contributed by atoms with Crippen LogP contribution in [0.3, 0.4) is 0 Å². The van der Waals surface area contributed by atoms with Gasteiger partial charge in [0.25, 0.3) is 0 Å². The van der Waals surface area contributed by atoms with Gasteiger partial charge < -0.3 is 10.6 Å². The third kappa shape index (κ3) is 3.33. The van der Waals surface area contributed by atoms with E-state index in [1.165, 1.54) is 6.33 Å². The number of rotatable bonds is 6. The number of hydrogen-bond acceptors (Lipinski definition) is 5. The van der Waals surface area contributed by atoms with Crippen molar-refractivity contribution in [2.24, 2.45) is 0 Å². The van der Waals surface area contributed by atoms with Gasteiger partial charge in [-0.1, -0.05) is 13.3 Å². The molecule has 0 unspecified atom stereocenters. The van der Waals surface area contributed by atoms with Crippen molar-refractivity contribution < 1.29 is 0 Å². The number of hydrogen-bond donors (Lipinski definition) is 1. The van der Waals surface area contributed by atoms with E-state index < -0.39 is 0 Å². The molecular weight excluding hydrogens is 226 g/mol. The summed E-state index contributed by atoms with van der Waals surface area (Å²) < 4.78 is 0. The minimum absolute atomic E-state index is 0.281. The molecule has 2 N–H and O–H groups in total. The van der Waals surface area contributed by atoms with E-state index >= 15 is 0 Å². The van der Waals surface area contributed by atoms with Crippen molar-refractivity contribution in [1.29, 1.82) is 5.26 Å². The zero-order valence-electron chi connectivity index (χ0n) is 11.3. The maximum atomic E-state index is 8.74. The summed E-state index contributed by atoms with van der Waals surface area (Å²) >= 11 is 0. The molecule has 5 heteroatoms. The lowest BCUT2D eigenvalue weighted by Crippen LogP contribution is -2.33. The van der Waals surface area contributed by atoms with Crippen LogP contribution in [0.15, 0.2) is 6.33 Å². The fraction of sp³-hybridized carbons (Fsp3) is 0.615. The standard InChI is InChI=1S/C13H21N5/c1-4-6-11-12(15)16-9-17-13(11)18(10(2)3)8-5-7-14/h9-10H,4-6,8H2,1-3H3,(H2,15,16,17). The molecule has 1 aromatic heterocycles. The summed E-state index contributed by atoms with van der Waals surface area (Å²) in [4.78, 5) is 10.5. The SMILES string of the molecule is CCCc1c(N)ncnc1N(CCC#N)C(C)C. The maximum absolute atomic E-state index is 8.74. The van der Waals surface area contributed by atoms with Gasteiger partial charge in [0, 0.05) is 18.2 Å². The van der Waals surface area contributed by atoms with E-state index in [2.05, 4.69) is 41.7 Å². The quantitative estimate of drug-likeness (QED) is 0.833. The molecular formula is C13H21N5. The summed E-state index contributed by atoms with van der Waals surface area (Å²) in [5.74, 6) is 1.42. The van der Waals surface area contributed by atoms with Gasteiger partial charge in [0.2, 0.25) is 0 Å². The molecule has 98 valence electrons. The Labute approximate surface area is 109 Å². The fourth-order valence-corrected chi connectivity index (χ4v) is 1.93. The van der Waals surface area contributed by atoms with Crippen molar-refractivity contribution >= 4 is 11.6 Å². The van der Waals surface area contributed by atoms with Crippen molar-refractivity contribution in [2.45, 2.75) is 46.1 Å². The molecule has 0 bridgehead atoms. The molecule has 0 aliphatic rings. The highest BCUT2D eigenvalue weighted by Crippen LogP contribution is 2.24. The molecule has 5 nitrogen and oxygen atoms in total. The second kappa shape index (κ2) is 6.80. The number of nitrogens with zero attached hydrogens (tertiary/aromatic N) is 4. The predicted octanol–water partition coefficient (Wildman–Crippen LogP) is 2.14. The van der Waals surface area contributed by atoms with Gasteiger partial charge >= 0.3 is 0 Å². The molecule has 0 radical (unpaired) electrons. The average molecular weight is 247 g/mol. The first kappa shape index (κ1) is 14.2. The highest BCUT2D eigenvalue weighted by Gasteiger charge is 2.17. The zero-order chi connectivity index (χ0) is 13.5. The molecule has 1 heterocycles. The molecule has 0 aliphatic carbocycles. The lowest BCUT2D eigenvalue weighted by Gasteiger charge is -2.29. The number of nitrogens with two attached hydrogens (primary N) is 1. The Bertz CT molecular complexity index is 422. The highest BCUT2D eigenvalue weighted by molar-refractivity contribution is 5.57. The number of anilines is 2. The third-order valence-corrected chi connectivity index (χ3v) is 2.82. The summed E-state index contributed by atoms with van der Waals surface area (Å²) in [6.45, 7) is 6.95. The molecule has 1 aromatic rings. The van der Waals surface area contributed by atoms with Crippen LogP contribution in [0.5, 0.6) is 0 Å². The molecule has 0 saturated heterocycles. The summed E-state index contributed by atoms with van der Waals surface area (Å²) in [5.41, 5.74) is 6.92. The van der Waals surface area contributed by atoms with Crippen LogP contribution in [0, 0.1) is 11.3 Å². The van der Waals surface area contributed by atoms with Crippen LogP contribution in [0.25, 0.3) is 0 Å². The first-order valence-corrected chi connectivity index (χ1v) is 6.34. The Morgan fingerprint density at radius 3 is 2.72 bits per heavy atom. The van der Waals surface area contributed by atoms with E-state index in [0.29, 0.717) is 18.8 Å². The van der Waals surface area contributed by atoms with Crippen molar-refractivity contribution in [3.05, 3.63) is 11.9 Å². The molecule has 0 atom stereocenters. The van der Waals surface area contributed by atoms with Crippen LogP contribution < -0.4 is 10.6 Å². The first-order valence-electron chi connectivity index (χ1n) is 6.34. The second-order valence-electron chi connectivity index (χ2n) is 4.51. The second-order valence-corrected chi connectivity index (χ2v) is 4.51. The number of nitrogen functional groups attached to an aromatic ring is 1. The van der Waals surface area contributed by atoms with Crippen LogP contribution >= 0.6 is 0 Å². The Balaban J connectivity index is 3.10. The predicted molar refractivity (Wildman–Crippen MR) is 73.2 cm³/mol. The van der Waals surface area contributed by atoms with Gasteiger partial charge in [-0.15, -0.1) is 0 Å². The van der Waals surface area contributed by atoms with E-state index in [-0.39, 0.29) is 6.04 Å². The van der Waals surface area contributed by atoms with Crippen LogP contribution in [0.1, 0.15) is 39.2 Å². The van der Waals surface area contributed by atoms with Gasteiger partial charge in [0.1, 0.15) is 18.0 Å². The van der Waals surface area contributed by atoms with Gasteiger partial charge in [-0.25, -0.2) is 9.97 Å². The molecule has 0 spiro atoms. The van der Waals surface area contributed by atoms with Crippen LogP contribution in [0.2, 0.25) is 0 Å². The summed E-state index contributed by atoms with van der Waals surface area (Å²) in [6.07, 6.45) is 3.83. The molecule has 0 saturated carbocycles. The Morgan fingerprint density at radius 1 is 1.44 bits per heavy atom. The Morgan fingerprint density at radius 2 is 2.17 bits per heavy atom. The first-order chi connectivity index (χ1) is 8.61. The highest BCUT2D eigenvalue weighted by atomic mass is 15.2. The maximum Gasteiger partial charge on any atom is 0.137 e. The van der Waals surface area contributed by atoms with Crippen LogP contribution in [-0.2, 0) is 6.42 Å². The Kier molecular flexibility index (Phi) is 5.37. The van der Waals surface area contributed by atoms with Crippen LogP contribution in [-0.4, -0.2) is 22.6 Å². The largest absolute Gasteiger partial charge is 0.383 e. The van der Waals surface area contributed by atoms with Crippen molar-refractivity contribution in [3.8, 4) is 6.07 Å². The molecule has 0 aromatic carbocycles. The smallest absolute Gasteiger partial charge is 0.137 e. The number of aromatic nitrogens is 2. The molecule has 0 fully saturated rings. The monoisotopic (exact) mass is 247 g/mol. The van der Waals surface area contributed by atoms with Crippen molar-refractivity contribution in [1.82, 2.24) is 9.97 Å². The normalized spacial score (nSPS) is 10.4. The zero-order valence-corrected chi connectivity index (χ0v) is 11.3. The van der Waals surface area contributed by atoms with E-state index in [1.54, 1.807) is 0 Å². The van der Waals surface area contributed by atoms with E-state index in [1.807, 2.05) is 0 Å². The number of nitriles is 1. The topological polar surface area (TPSA) is 78.8 Å². The average Bonchev–Trinajstić information content (AvgIpc) is 2.33. The van der Waals surface area contributed by atoms with E-state index in [9.17, 15) is 0 Å². The van der Waals surface area contributed by atoms with Gasteiger partial charge in [-0.3, -0.25) is 0 Å². The minimum Gasteiger partial charge on any atom is -0.383 e. The minimum atomic E-state index is 0.281. The fourth-order valence-electron chi connectivity index (χ4n) is 1.93. The summed E-state index contributed by atoms with van der Waals surface area (Å²) in [5, 5.41) is 8.74. The van der Waals surface area contributed by atoms with Gasteiger partial charge in [0.15, 0.2) is 0 Å². The molecule has 18 heavy (non-hydrogen) atoms. The van der Waals surface area contributed by atoms with Gasteiger partial charge in [-0.2, -0.15) is 5.26 Å². The summed E-state index contributed by atoms with van der Waals surface area (Å²) in [6, 6.07) is 2.45. The third-order valence-electron chi connectivity index (χ3n) is 2.82. The summed E-state index contributed by atoms with van der Waals surface area (Å²) in [7, 11) is 0. The molecule has 1 rings (SSSR count). The van der Waals surface area contributed by atoms with Crippen molar-refractivity contribution in [2.75, 3.05) is 17.2 Å².